The summed E-state index contributed by atoms with van der Waals surface area (Å²) in [6, 6.07) is 1.98. The Labute approximate surface area is 96.9 Å². The van der Waals surface area contributed by atoms with Crippen LogP contribution in [0.1, 0.15) is 32.6 Å². The molecular formula is C12H20N4. The molecule has 1 aliphatic carbocycles. The second kappa shape index (κ2) is 5.68. The normalized spacial score (nSPS) is 15.6. The second-order valence-electron chi connectivity index (χ2n) is 4.39. The third-order valence-electron chi connectivity index (χ3n) is 3.02. The van der Waals surface area contributed by atoms with Crippen molar-refractivity contribution in [3.8, 4) is 0 Å². The van der Waals surface area contributed by atoms with E-state index in [2.05, 4.69) is 27.5 Å². The molecule has 0 unspecified atom stereocenters. The Kier molecular flexibility index (Phi) is 3.97. The third kappa shape index (κ3) is 3.08. The zero-order chi connectivity index (χ0) is 11.2. The van der Waals surface area contributed by atoms with Gasteiger partial charge in [0.25, 0.3) is 0 Å². The van der Waals surface area contributed by atoms with Gasteiger partial charge in [0.05, 0.1) is 0 Å². The highest BCUT2D eigenvalue weighted by Gasteiger charge is 2.16. The number of anilines is 2. The number of nitrogens with one attached hydrogen (secondary N) is 2. The molecule has 0 radical (unpaired) electrons. The summed E-state index contributed by atoms with van der Waals surface area (Å²) in [7, 11) is 0. The fourth-order valence-electron chi connectivity index (χ4n) is 1.75. The van der Waals surface area contributed by atoms with Crippen LogP contribution in [0.25, 0.3) is 0 Å². The second-order valence-corrected chi connectivity index (χ2v) is 4.39. The molecule has 88 valence electrons. The van der Waals surface area contributed by atoms with Crippen LogP contribution >= 0.6 is 0 Å². The van der Waals surface area contributed by atoms with Gasteiger partial charge in [-0.15, -0.1) is 0 Å². The van der Waals surface area contributed by atoms with Gasteiger partial charge in [0.15, 0.2) is 0 Å². The van der Waals surface area contributed by atoms with Gasteiger partial charge in [-0.3, -0.25) is 0 Å². The molecule has 0 atom stereocenters. The van der Waals surface area contributed by atoms with E-state index in [9.17, 15) is 0 Å². The lowest BCUT2D eigenvalue weighted by Gasteiger charge is -2.25. The van der Waals surface area contributed by atoms with Gasteiger partial charge in [0, 0.05) is 19.2 Å². The molecule has 1 aromatic rings. The molecule has 2 rings (SSSR count). The zero-order valence-corrected chi connectivity index (χ0v) is 9.87. The smallest absolute Gasteiger partial charge is 0.131 e. The van der Waals surface area contributed by atoms with Crippen molar-refractivity contribution < 1.29 is 0 Å². The molecule has 0 spiro atoms. The van der Waals surface area contributed by atoms with Crippen molar-refractivity contribution in [3.05, 3.63) is 12.4 Å². The first-order chi connectivity index (χ1) is 7.88. The van der Waals surface area contributed by atoms with Crippen molar-refractivity contribution in [2.24, 2.45) is 5.92 Å². The molecule has 0 aliphatic heterocycles. The third-order valence-corrected chi connectivity index (χ3v) is 3.02. The summed E-state index contributed by atoms with van der Waals surface area (Å²) in [6.07, 6.45) is 6.83. The van der Waals surface area contributed by atoms with Gasteiger partial charge in [-0.05, 0) is 25.2 Å². The Morgan fingerprint density at radius 3 is 2.62 bits per heavy atom. The van der Waals surface area contributed by atoms with Crippen LogP contribution in [0.2, 0.25) is 0 Å². The van der Waals surface area contributed by atoms with E-state index in [1.165, 1.54) is 19.3 Å². The van der Waals surface area contributed by atoms with Crippen LogP contribution in [-0.4, -0.2) is 23.1 Å². The van der Waals surface area contributed by atoms with E-state index in [4.69, 9.17) is 0 Å². The number of rotatable bonds is 6. The van der Waals surface area contributed by atoms with Crippen molar-refractivity contribution in [2.75, 3.05) is 23.7 Å². The molecule has 0 bridgehead atoms. The molecule has 1 fully saturated rings. The molecule has 1 heterocycles. The lowest BCUT2D eigenvalue weighted by molar-refractivity contribution is 0.333. The van der Waals surface area contributed by atoms with Gasteiger partial charge in [0.2, 0.25) is 0 Å². The standard InChI is InChI=1S/C12H20N4/c1-2-6-13-11-7-12(16-9-15-11)14-8-10-4-3-5-10/h7,9-10H,2-6,8H2,1H3,(H2,13,14,15,16). The average Bonchev–Trinajstić information content (AvgIpc) is 2.25. The van der Waals surface area contributed by atoms with Gasteiger partial charge < -0.3 is 10.6 Å². The first-order valence-corrected chi connectivity index (χ1v) is 6.18. The molecule has 2 N–H and O–H groups in total. The monoisotopic (exact) mass is 220 g/mol. The maximum Gasteiger partial charge on any atom is 0.131 e. The fraction of sp³-hybridized carbons (Fsp3) is 0.667. The van der Waals surface area contributed by atoms with Gasteiger partial charge in [-0.25, -0.2) is 9.97 Å². The minimum absolute atomic E-state index is 0.849. The number of hydrogen-bond donors (Lipinski definition) is 2. The summed E-state index contributed by atoms with van der Waals surface area (Å²) in [6.45, 7) is 4.15. The first kappa shape index (κ1) is 11.2. The summed E-state index contributed by atoms with van der Waals surface area (Å²) >= 11 is 0. The molecule has 4 nitrogen and oxygen atoms in total. The molecule has 1 saturated carbocycles. The summed E-state index contributed by atoms with van der Waals surface area (Å²) in [4.78, 5) is 8.39. The van der Waals surface area contributed by atoms with Crippen molar-refractivity contribution in [1.29, 1.82) is 0 Å². The van der Waals surface area contributed by atoms with Crippen LogP contribution in [0.3, 0.4) is 0 Å². The van der Waals surface area contributed by atoms with Gasteiger partial charge in [0.1, 0.15) is 18.0 Å². The van der Waals surface area contributed by atoms with Gasteiger partial charge >= 0.3 is 0 Å². The number of hydrogen-bond acceptors (Lipinski definition) is 4. The molecule has 0 saturated heterocycles. The highest BCUT2D eigenvalue weighted by atomic mass is 15.1. The van der Waals surface area contributed by atoms with Crippen molar-refractivity contribution in [3.63, 3.8) is 0 Å². The number of nitrogens with zero attached hydrogens (tertiary/aromatic N) is 2. The number of aromatic nitrogens is 2. The Balaban J connectivity index is 1.82. The lowest BCUT2D eigenvalue weighted by Crippen LogP contribution is -2.21. The van der Waals surface area contributed by atoms with E-state index in [0.29, 0.717) is 0 Å². The SMILES string of the molecule is CCCNc1cc(NCC2CCC2)ncn1. The zero-order valence-electron chi connectivity index (χ0n) is 9.87. The predicted octanol–water partition coefficient (Wildman–Crippen LogP) is 2.51. The summed E-state index contributed by atoms with van der Waals surface area (Å²) < 4.78 is 0. The Hall–Kier alpha value is -1.32. The quantitative estimate of drug-likeness (QED) is 0.773. The van der Waals surface area contributed by atoms with E-state index >= 15 is 0 Å². The van der Waals surface area contributed by atoms with Crippen LogP contribution in [0, 0.1) is 5.92 Å². The summed E-state index contributed by atoms with van der Waals surface area (Å²) in [5, 5.41) is 6.63. The van der Waals surface area contributed by atoms with E-state index in [1.807, 2.05) is 6.07 Å². The van der Waals surface area contributed by atoms with Crippen LogP contribution in [0.5, 0.6) is 0 Å². The summed E-state index contributed by atoms with van der Waals surface area (Å²) in [5.74, 6) is 2.69. The molecular weight excluding hydrogens is 200 g/mol. The molecule has 1 aromatic heterocycles. The van der Waals surface area contributed by atoms with Crippen molar-refractivity contribution >= 4 is 11.6 Å². The highest BCUT2D eigenvalue weighted by molar-refractivity contribution is 5.46. The van der Waals surface area contributed by atoms with Gasteiger partial charge in [-0.2, -0.15) is 0 Å². The fourth-order valence-corrected chi connectivity index (χ4v) is 1.75. The van der Waals surface area contributed by atoms with Crippen LogP contribution in [0.15, 0.2) is 12.4 Å². The maximum atomic E-state index is 4.22. The first-order valence-electron chi connectivity index (χ1n) is 6.18. The maximum absolute atomic E-state index is 4.22. The van der Waals surface area contributed by atoms with E-state index in [0.717, 1.165) is 37.1 Å². The molecule has 1 aliphatic rings. The average molecular weight is 220 g/mol. The van der Waals surface area contributed by atoms with Crippen LogP contribution in [-0.2, 0) is 0 Å². The highest BCUT2D eigenvalue weighted by Crippen LogP contribution is 2.26. The van der Waals surface area contributed by atoms with E-state index < -0.39 is 0 Å². The van der Waals surface area contributed by atoms with Crippen LogP contribution < -0.4 is 10.6 Å². The predicted molar refractivity (Wildman–Crippen MR) is 66.6 cm³/mol. The minimum atomic E-state index is 0.849. The van der Waals surface area contributed by atoms with Crippen molar-refractivity contribution in [2.45, 2.75) is 32.6 Å². The minimum Gasteiger partial charge on any atom is -0.370 e. The Morgan fingerprint density at radius 1 is 1.25 bits per heavy atom. The van der Waals surface area contributed by atoms with E-state index in [1.54, 1.807) is 6.33 Å². The Morgan fingerprint density at radius 2 is 2.00 bits per heavy atom. The van der Waals surface area contributed by atoms with E-state index in [-0.39, 0.29) is 0 Å². The topological polar surface area (TPSA) is 49.8 Å². The van der Waals surface area contributed by atoms with Crippen molar-refractivity contribution in [1.82, 2.24) is 9.97 Å². The molecule has 4 heteroatoms. The van der Waals surface area contributed by atoms with Crippen LogP contribution in [0.4, 0.5) is 11.6 Å². The van der Waals surface area contributed by atoms with Gasteiger partial charge in [-0.1, -0.05) is 13.3 Å². The Bertz CT molecular complexity index is 323. The lowest BCUT2D eigenvalue weighted by atomic mass is 9.85. The molecule has 0 aromatic carbocycles. The largest absolute Gasteiger partial charge is 0.370 e. The summed E-state index contributed by atoms with van der Waals surface area (Å²) in [5.41, 5.74) is 0. The molecule has 0 amide bonds. The molecule has 16 heavy (non-hydrogen) atoms.